The summed E-state index contributed by atoms with van der Waals surface area (Å²) in [7, 11) is 0. The average molecular weight is 200 g/mol. The van der Waals surface area contributed by atoms with Gasteiger partial charge in [0.25, 0.3) is 0 Å². The molecule has 1 atom stereocenters. The number of rotatable bonds is 3. The molecule has 4 heteroatoms. The monoisotopic (exact) mass is 200 g/mol. The van der Waals surface area contributed by atoms with Crippen molar-refractivity contribution in [1.82, 2.24) is 0 Å². The van der Waals surface area contributed by atoms with E-state index in [4.69, 9.17) is 4.74 Å². The molecule has 0 heterocycles. The molecule has 0 aliphatic carbocycles. The van der Waals surface area contributed by atoms with Gasteiger partial charge in [-0.2, -0.15) is 0 Å². The number of benzene rings is 1. The summed E-state index contributed by atoms with van der Waals surface area (Å²) in [4.78, 5) is 10.8. The van der Waals surface area contributed by atoms with Crippen molar-refractivity contribution in [3.05, 3.63) is 29.8 Å². The summed E-state index contributed by atoms with van der Waals surface area (Å²) < 4.78 is 30.4. The maximum absolute atomic E-state index is 13.0. The Morgan fingerprint density at radius 1 is 1.43 bits per heavy atom. The van der Waals surface area contributed by atoms with Crippen molar-refractivity contribution in [2.24, 2.45) is 0 Å². The molecule has 0 radical (unpaired) electrons. The van der Waals surface area contributed by atoms with Crippen LogP contribution in [0.15, 0.2) is 18.2 Å². The first-order valence-corrected chi connectivity index (χ1v) is 4.13. The molecule has 0 N–H and O–H groups in total. The second-order valence-electron chi connectivity index (χ2n) is 2.95. The maximum atomic E-state index is 13.0. The van der Waals surface area contributed by atoms with Gasteiger partial charge in [-0.05, 0) is 26.0 Å². The Morgan fingerprint density at radius 3 is 2.57 bits per heavy atom. The molecule has 1 aromatic carbocycles. The highest BCUT2D eigenvalue weighted by Gasteiger charge is 2.12. The Hall–Kier alpha value is -1.45. The van der Waals surface area contributed by atoms with Crippen LogP contribution in [0.3, 0.4) is 0 Å². The summed E-state index contributed by atoms with van der Waals surface area (Å²) in [5, 5.41) is 0. The lowest BCUT2D eigenvalue weighted by Gasteiger charge is -2.11. The van der Waals surface area contributed by atoms with E-state index in [1.165, 1.54) is 13.8 Å². The molecular formula is C10H10F2O2. The van der Waals surface area contributed by atoms with Crippen molar-refractivity contribution in [3.63, 3.8) is 0 Å². The molecule has 0 unspecified atom stereocenters. The number of carbonyl (C=O) groups excluding carboxylic acids is 1. The van der Waals surface area contributed by atoms with Crippen LogP contribution in [0.1, 0.15) is 13.8 Å². The number of ketones is 1. The largest absolute Gasteiger partial charge is 0.480 e. The Balaban J connectivity index is 2.82. The van der Waals surface area contributed by atoms with E-state index in [1.807, 2.05) is 0 Å². The van der Waals surface area contributed by atoms with Crippen molar-refractivity contribution in [2.45, 2.75) is 20.0 Å². The predicted octanol–water partition coefficient (Wildman–Crippen LogP) is 2.32. The minimum absolute atomic E-state index is 0.117. The Labute approximate surface area is 80.5 Å². The van der Waals surface area contributed by atoms with Crippen molar-refractivity contribution in [1.29, 1.82) is 0 Å². The average Bonchev–Trinajstić information content (AvgIpc) is 2.09. The van der Waals surface area contributed by atoms with Crippen LogP contribution < -0.4 is 4.74 Å². The van der Waals surface area contributed by atoms with Crippen LogP contribution >= 0.6 is 0 Å². The molecular weight excluding hydrogens is 190 g/mol. The zero-order chi connectivity index (χ0) is 10.7. The summed E-state index contributed by atoms with van der Waals surface area (Å²) in [5.74, 6) is -1.81. The van der Waals surface area contributed by atoms with E-state index in [9.17, 15) is 13.6 Å². The molecule has 1 aromatic rings. The predicted molar refractivity (Wildman–Crippen MR) is 47.1 cm³/mol. The Morgan fingerprint density at radius 2 is 2.07 bits per heavy atom. The minimum atomic E-state index is -0.807. The van der Waals surface area contributed by atoms with Gasteiger partial charge >= 0.3 is 0 Å². The van der Waals surface area contributed by atoms with Gasteiger partial charge in [0, 0.05) is 6.07 Å². The molecule has 76 valence electrons. The fraction of sp³-hybridized carbons (Fsp3) is 0.300. The molecule has 1 rings (SSSR count). The lowest BCUT2D eigenvalue weighted by molar-refractivity contribution is -0.122. The van der Waals surface area contributed by atoms with Crippen molar-refractivity contribution >= 4 is 5.78 Å². The molecule has 0 fully saturated rings. The third-order valence-electron chi connectivity index (χ3n) is 1.77. The summed E-state index contributed by atoms with van der Waals surface area (Å²) in [6.07, 6.45) is -0.727. The smallest absolute Gasteiger partial charge is 0.169 e. The first-order valence-electron chi connectivity index (χ1n) is 4.13. The van der Waals surface area contributed by atoms with E-state index in [0.29, 0.717) is 6.07 Å². The molecule has 0 saturated carbocycles. The van der Waals surface area contributed by atoms with E-state index in [2.05, 4.69) is 0 Å². The highest BCUT2D eigenvalue weighted by Crippen LogP contribution is 2.18. The minimum Gasteiger partial charge on any atom is -0.480 e. The van der Waals surface area contributed by atoms with Crippen LogP contribution in [0.25, 0.3) is 0 Å². The lowest BCUT2D eigenvalue weighted by atomic mass is 10.3. The van der Waals surface area contributed by atoms with E-state index in [0.717, 1.165) is 12.1 Å². The normalized spacial score (nSPS) is 12.3. The van der Waals surface area contributed by atoms with Crippen molar-refractivity contribution in [3.8, 4) is 5.75 Å². The topological polar surface area (TPSA) is 26.3 Å². The first kappa shape index (κ1) is 10.6. The molecule has 0 spiro atoms. The highest BCUT2D eigenvalue weighted by molar-refractivity contribution is 5.80. The number of ether oxygens (including phenoxy) is 1. The van der Waals surface area contributed by atoms with Gasteiger partial charge in [0.05, 0.1) is 0 Å². The van der Waals surface area contributed by atoms with Gasteiger partial charge in [-0.3, -0.25) is 4.79 Å². The number of Topliss-reactive ketones (excluding diaryl/α,β-unsaturated/α-hetero) is 1. The van der Waals surface area contributed by atoms with Crippen LogP contribution in [-0.4, -0.2) is 11.9 Å². The molecule has 0 amide bonds. The fourth-order valence-electron chi connectivity index (χ4n) is 0.844. The van der Waals surface area contributed by atoms with Crippen molar-refractivity contribution in [2.75, 3.05) is 0 Å². The van der Waals surface area contributed by atoms with Crippen LogP contribution in [-0.2, 0) is 4.79 Å². The van der Waals surface area contributed by atoms with E-state index >= 15 is 0 Å². The van der Waals surface area contributed by atoms with Gasteiger partial charge in [-0.15, -0.1) is 0 Å². The van der Waals surface area contributed by atoms with Gasteiger partial charge in [0.1, 0.15) is 5.82 Å². The van der Waals surface area contributed by atoms with Gasteiger partial charge in [-0.25, -0.2) is 8.78 Å². The van der Waals surface area contributed by atoms with Gasteiger partial charge in [0.2, 0.25) is 0 Å². The second-order valence-corrected chi connectivity index (χ2v) is 2.95. The zero-order valence-corrected chi connectivity index (χ0v) is 7.88. The van der Waals surface area contributed by atoms with Crippen LogP contribution in [0.5, 0.6) is 5.75 Å². The highest BCUT2D eigenvalue weighted by atomic mass is 19.1. The fourth-order valence-corrected chi connectivity index (χ4v) is 0.844. The SMILES string of the molecule is CC(=O)[C@@H](C)Oc1ccc(F)cc1F. The summed E-state index contributed by atoms with van der Waals surface area (Å²) in [6, 6.07) is 2.94. The lowest BCUT2D eigenvalue weighted by Crippen LogP contribution is -2.21. The first-order chi connectivity index (χ1) is 6.50. The maximum Gasteiger partial charge on any atom is 0.169 e. The van der Waals surface area contributed by atoms with Gasteiger partial charge in [0.15, 0.2) is 23.5 Å². The van der Waals surface area contributed by atoms with Crippen LogP contribution in [0.2, 0.25) is 0 Å². The quantitative estimate of drug-likeness (QED) is 0.748. The Kier molecular flexibility index (Phi) is 3.17. The number of halogens is 2. The van der Waals surface area contributed by atoms with Crippen molar-refractivity contribution < 1.29 is 18.3 Å². The number of hydrogen-bond acceptors (Lipinski definition) is 2. The third-order valence-corrected chi connectivity index (χ3v) is 1.77. The molecule has 0 aromatic heterocycles. The van der Waals surface area contributed by atoms with Crippen LogP contribution in [0.4, 0.5) is 8.78 Å². The Bertz CT molecular complexity index is 350. The number of hydrogen-bond donors (Lipinski definition) is 0. The van der Waals surface area contributed by atoms with E-state index in [-0.39, 0.29) is 11.5 Å². The second kappa shape index (κ2) is 4.17. The van der Waals surface area contributed by atoms with E-state index in [1.54, 1.807) is 0 Å². The van der Waals surface area contributed by atoms with Gasteiger partial charge in [-0.1, -0.05) is 0 Å². The molecule has 14 heavy (non-hydrogen) atoms. The molecule has 2 nitrogen and oxygen atoms in total. The third kappa shape index (κ3) is 2.52. The number of carbonyl (C=O) groups is 1. The molecule has 0 aliphatic heterocycles. The summed E-state index contributed by atoms with van der Waals surface area (Å²) in [6.45, 7) is 2.84. The zero-order valence-electron chi connectivity index (χ0n) is 7.88. The van der Waals surface area contributed by atoms with E-state index < -0.39 is 17.7 Å². The standard InChI is InChI=1S/C10H10F2O2/c1-6(13)7(2)14-10-4-3-8(11)5-9(10)12/h3-5,7H,1-2H3/t7-/m1/s1. The molecule has 0 aliphatic rings. The van der Waals surface area contributed by atoms with Gasteiger partial charge < -0.3 is 4.74 Å². The molecule has 0 saturated heterocycles. The summed E-state index contributed by atoms with van der Waals surface area (Å²) in [5.41, 5.74) is 0. The van der Waals surface area contributed by atoms with Crippen LogP contribution in [0, 0.1) is 11.6 Å². The summed E-state index contributed by atoms with van der Waals surface area (Å²) >= 11 is 0. The molecule has 0 bridgehead atoms.